The molecule has 0 saturated heterocycles. The molecule has 0 aliphatic carbocycles. The summed E-state index contributed by atoms with van der Waals surface area (Å²) >= 11 is 0. The van der Waals surface area contributed by atoms with Gasteiger partial charge in [0.25, 0.3) is 11.5 Å². The van der Waals surface area contributed by atoms with E-state index in [4.69, 9.17) is 5.73 Å². The molecular formula is C14H24N4O2. The highest BCUT2D eigenvalue weighted by atomic mass is 16.2. The van der Waals surface area contributed by atoms with Gasteiger partial charge < -0.3 is 10.6 Å². The minimum Gasteiger partial charge on any atom is -0.341 e. The molecule has 1 amide bonds. The van der Waals surface area contributed by atoms with Gasteiger partial charge in [-0.1, -0.05) is 13.8 Å². The third-order valence-corrected chi connectivity index (χ3v) is 3.68. The molecule has 0 spiro atoms. The summed E-state index contributed by atoms with van der Waals surface area (Å²) in [6.07, 6.45) is 0.709. The second kappa shape index (κ2) is 6.65. The van der Waals surface area contributed by atoms with E-state index >= 15 is 0 Å². The number of amides is 1. The quantitative estimate of drug-likeness (QED) is 0.835. The number of nitrogens with zero attached hydrogens (tertiary/aromatic N) is 2. The molecule has 0 saturated carbocycles. The molecule has 1 atom stereocenters. The van der Waals surface area contributed by atoms with Crippen molar-refractivity contribution in [3.05, 3.63) is 27.2 Å². The first-order chi connectivity index (χ1) is 9.25. The van der Waals surface area contributed by atoms with Gasteiger partial charge in [0.1, 0.15) is 5.56 Å². The van der Waals surface area contributed by atoms with Gasteiger partial charge in [0.2, 0.25) is 0 Å². The molecule has 0 radical (unpaired) electrons. The fourth-order valence-corrected chi connectivity index (χ4v) is 1.85. The van der Waals surface area contributed by atoms with E-state index in [1.165, 1.54) is 0 Å². The van der Waals surface area contributed by atoms with Crippen molar-refractivity contribution >= 4 is 5.91 Å². The Morgan fingerprint density at radius 1 is 1.40 bits per heavy atom. The molecule has 112 valence electrons. The molecule has 0 aliphatic heterocycles. The number of hydrogen-bond acceptors (Lipinski definition) is 4. The summed E-state index contributed by atoms with van der Waals surface area (Å²) in [5.74, 6) is 0.0806. The maximum absolute atomic E-state index is 12.4. The third kappa shape index (κ3) is 3.66. The Labute approximate surface area is 119 Å². The summed E-state index contributed by atoms with van der Waals surface area (Å²) in [5.41, 5.74) is 6.97. The monoisotopic (exact) mass is 280 g/mol. The van der Waals surface area contributed by atoms with E-state index in [0.29, 0.717) is 30.1 Å². The van der Waals surface area contributed by atoms with Gasteiger partial charge in [-0.2, -0.15) is 5.10 Å². The van der Waals surface area contributed by atoms with Gasteiger partial charge >= 0.3 is 0 Å². The Morgan fingerprint density at radius 2 is 2.00 bits per heavy atom. The van der Waals surface area contributed by atoms with Gasteiger partial charge in [-0.3, -0.25) is 9.59 Å². The Hall–Kier alpha value is -1.69. The van der Waals surface area contributed by atoms with Crippen molar-refractivity contribution < 1.29 is 4.79 Å². The van der Waals surface area contributed by atoms with Crippen LogP contribution in [0, 0.1) is 19.8 Å². The van der Waals surface area contributed by atoms with E-state index in [1.54, 1.807) is 25.8 Å². The predicted molar refractivity (Wildman–Crippen MR) is 78.7 cm³/mol. The molecule has 20 heavy (non-hydrogen) atoms. The standard InChI is InChI=1S/C14H24N4O2/c1-8(2)11(15)6-7-18(5)14(20)12-9(3)10(4)16-17-13(12)19/h8,11H,6-7,15H2,1-5H3,(H,17,19). The first-order valence-electron chi connectivity index (χ1n) is 6.82. The van der Waals surface area contributed by atoms with E-state index < -0.39 is 5.56 Å². The van der Waals surface area contributed by atoms with Crippen LogP contribution in [0.1, 0.15) is 41.9 Å². The highest BCUT2D eigenvalue weighted by Crippen LogP contribution is 2.09. The van der Waals surface area contributed by atoms with Crippen molar-refractivity contribution in [1.29, 1.82) is 0 Å². The van der Waals surface area contributed by atoms with Crippen LogP contribution in [0.2, 0.25) is 0 Å². The number of aromatic amines is 1. The van der Waals surface area contributed by atoms with Crippen molar-refractivity contribution in [3.63, 3.8) is 0 Å². The van der Waals surface area contributed by atoms with Crippen molar-refractivity contribution in [2.24, 2.45) is 11.7 Å². The van der Waals surface area contributed by atoms with Gasteiger partial charge in [0, 0.05) is 19.6 Å². The molecule has 6 heteroatoms. The first kappa shape index (κ1) is 16.4. The first-order valence-corrected chi connectivity index (χ1v) is 6.82. The van der Waals surface area contributed by atoms with Crippen LogP contribution in [-0.4, -0.2) is 40.6 Å². The maximum atomic E-state index is 12.4. The van der Waals surface area contributed by atoms with Crippen LogP contribution < -0.4 is 11.3 Å². The summed E-state index contributed by atoms with van der Waals surface area (Å²) in [6.45, 7) is 8.12. The van der Waals surface area contributed by atoms with Crippen LogP contribution in [0.5, 0.6) is 0 Å². The molecular weight excluding hydrogens is 256 g/mol. The molecule has 0 aromatic carbocycles. The average molecular weight is 280 g/mol. The average Bonchev–Trinajstić information content (AvgIpc) is 2.39. The van der Waals surface area contributed by atoms with E-state index in [-0.39, 0.29) is 17.5 Å². The van der Waals surface area contributed by atoms with Gasteiger partial charge in [0.05, 0.1) is 5.69 Å². The minimum absolute atomic E-state index is 0.0452. The fraction of sp³-hybridized carbons (Fsp3) is 0.643. The Balaban J connectivity index is 2.85. The lowest BCUT2D eigenvalue weighted by atomic mass is 10.0. The molecule has 0 bridgehead atoms. The second-order valence-electron chi connectivity index (χ2n) is 5.56. The van der Waals surface area contributed by atoms with Gasteiger partial charge in [-0.05, 0) is 31.7 Å². The molecule has 0 aliphatic rings. The van der Waals surface area contributed by atoms with Crippen LogP contribution in [-0.2, 0) is 0 Å². The van der Waals surface area contributed by atoms with Crippen LogP contribution in [0.15, 0.2) is 4.79 Å². The highest BCUT2D eigenvalue weighted by Gasteiger charge is 2.20. The van der Waals surface area contributed by atoms with Crippen LogP contribution >= 0.6 is 0 Å². The van der Waals surface area contributed by atoms with Crippen molar-refractivity contribution in [3.8, 4) is 0 Å². The number of hydrogen-bond donors (Lipinski definition) is 2. The lowest BCUT2D eigenvalue weighted by Crippen LogP contribution is -2.37. The molecule has 1 heterocycles. The summed E-state index contributed by atoms with van der Waals surface area (Å²) in [5, 5.41) is 6.20. The zero-order chi connectivity index (χ0) is 15.4. The molecule has 1 rings (SSSR count). The number of carbonyl (C=O) groups excluding carboxylic acids is 1. The summed E-state index contributed by atoms with van der Waals surface area (Å²) in [6, 6.07) is 0.0452. The highest BCUT2D eigenvalue weighted by molar-refractivity contribution is 5.95. The minimum atomic E-state index is -0.446. The van der Waals surface area contributed by atoms with Gasteiger partial charge in [-0.15, -0.1) is 0 Å². The van der Waals surface area contributed by atoms with Crippen molar-refractivity contribution in [2.45, 2.75) is 40.2 Å². The molecule has 0 fully saturated rings. The van der Waals surface area contributed by atoms with E-state index in [1.807, 2.05) is 13.8 Å². The van der Waals surface area contributed by atoms with Crippen LogP contribution in [0.3, 0.4) is 0 Å². The number of nitrogens with two attached hydrogens (primary N) is 1. The predicted octanol–water partition coefficient (Wildman–Crippen LogP) is 0.832. The molecule has 1 aromatic heterocycles. The second-order valence-corrected chi connectivity index (χ2v) is 5.56. The fourth-order valence-electron chi connectivity index (χ4n) is 1.85. The third-order valence-electron chi connectivity index (χ3n) is 3.68. The Bertz CT molecular complexity index is 536. The van der Waals surface area contributed by atoms with Crippen molar-refractivity contribution in [2.75, 3.05) is 13.6 Å². The maximum Gasteiger partial charge on any atom is 0.277 e. The van der Waals surface area contributed by atoms with E-state index in [9.17, 15) is 9.59 Å². The number of carbonyl (C=O) groups is 1. The summed E-state index contributed by atoms with van der Waals surface area (Å²) in [7, 11) is 1.68. The lowest BCUT2D eigenvalue weighted by Gasteiger charge is -2.22. The lowest BCUT2D eigenvalue weighted by molar-refractivity contribution is 0.0786. The van der Waals surface area contributed by atoms with E-state index in [0.717, 1.165) is 0 Å². The zero-order valence-corrected chi connectivity index (χ0v) is 12.9. The molecule has 1 aromatic rings. The van der Waals surface area contributed by atoms with Crippen LogP contribution in [0.4, 0.5) is 0 Å². The topological polar surface area (TPSA) is 92.1 Å². The molecule has 1 unspecified atom stereocenters. The molecule has 3 N–H and O–H groups in total. The number of aryl methyl sites for hydroxylation is 1. The Morgan fingerprint density at radius 3 is 2.55 bits per heavy atom. The van der Waals surface area contributed by atoms with Crippen molar-refractivity contribution in [1.82, 2.24) is 15.1 Å². The largest absolute Gasteiger partial charge is 0.341 e. The number of aromatic nitrogens is 2. The van der Waals surface area contributed by atoms with Gasteiger partial charge in [0.15, 0.2) is 0 Å². The number of nitrogens with one attached hydrogen (secondary N) is 1. The van der Waals surface area contributed by atoms with Gasteiger partial charge in [-0.25, -0.2) is 5.10 Å². The molecule has 6 nitrogen and oxygen atoms in total. The smallest absolute Gasteiger partial charge is 0.277 e. The summed E-state index contributed by atoms with van der Waals surface area (Å²) in [4.78, 5) is 25.7. The summed E-state index contributed by atoms with van der Waals surface area (Å²) < 4.78 is 0. The zero-order valence-electron chi connectivity index (χ0n) is 12.9. The SMILES string of the molecule is Cc1n[nH]c(=O)c(C(=O)N(C)CCC(N)C(C)C)c1C. The Kier molecular flexibility index (Phi) is 5.44. The van der Waals surface area contributed by atoms with E-state index in [2.05, 4.69) is 10.2 Å². The number of rotatable bonds is 5. The number of H-pyrrole nitrogens is 1. The van der Waals surface area contributed by atoms with Crippen LogP contribution in [0.25, 0.3) is 0 Å². The normalized spacial score (nSPS) is 12.6.